The number of benzene rings is 1. The monoisotopic (exact) mass is 294 g/mol. The third-order valence-corrected chi connectivity index (χ3v) is 3.68. The topological polar surface area (TPSA) is 62.2 Å². The number of likely N-dealkylation sites (N-methyl/N-ethyl adjacent to an activating group) is 1. The molecule has 1 fully saturated rings. The molecular formula is C15H22N2O4. The average Bonchev–Trinajstić information content (AvgIpc) is 2.49. The summed E-state index contributed by atoms with van der Waals surface area (Å²) in [6.45, 7) is 5.45. The number of nitrogens with zero attached hydrogens (tertiary/aromatic N) is 2. The van der Waals surface area contributed by atoms with Gasteiger partial charge in [0.2, 0.25) is 0 Å². The number of hydrogen-bond donors (Lipinski definition) is 1. The second kappa shape index (κ2) is 7.28. The Morgan fingerprint density at radius 3 is 2.62 bits per heavy atom. The summed E-state index contributed by atoms with van der Waals surface area (Å²) in [6.07, 6.45) is 0. The van der Waals surface area contributed by atoms with Crippen molar-refractivity contribution in [1.82, 2.24) is 9.80 Å². The van der Waals surface area contributed by atoms with E-state index in [2.05, 4.69) is 16.8 Å². The predicted molar refractivity (Wildman–Crippen MR) is 79.4 cm³/mol. The van der Waals surface area contributed by atoms with Crippen molar-refractivity contribution in [3.05, 3.63) is 23.8 Å². The van der Waals surface area contributed by atoms with E-state index in [-0.39, 0.29) is 5.56 Å². The van der Waals surface area contributed by atoms with Crippen LogP contribution in [0.3, 0.4) is 0 Å². The first-order valence-corrected chi connectivity index (χ1v) is 7.05. The zero-order chi connectivity index (χ0) is 15.2. The average molecular weight is 294 g/mol. The van der Waals surface area contributed by atoms with Crippen molar-refractivity contribution < 1.29 is 19.4 Å². The van der Waals surface area contributed by atoms with Crippen molar-refractivity contribution in [2.24, 2.45) is 0 Å². The molecule has 0 radical (unpaired) electrons. The summed E-state index contributed by atoms with van der Waals surface area (Å²) in [5, 5.41) is 9.21. The molecule has 0 spiro atoms. The molecule has 21 heavy (non-hydrogen) atoms. The molecule has 0 amide bonds. The number of ether oxygens (including phenoxy) is 2. The number of carboxylic acid groups (broad SMARTS) is 1. The second-order valence-electron chi connectivity index (χ2n) is 5.16. The lowest BCUT2D eigenvalue weighted by Gasteiger charge is -2.32. The number of methoxy groups -OCH3 is 1. The maximum atomic E-state index is 11.2. The van der Waals surface area contributed by atoms with Crippen molar-refractivity contribution in [1.29, 1.82) is 0 Å². The smallest absolute Gasteiger partial charge is 0.339 e. The maximum Gasteiger partial charge on any atom is 0.339 e. The van der Waals surface area contributed by atoms with Crippen molar-refractivity contribution >= 4 is 5.97 Å². The molecular weight excluding hydrogens is 272 g/mol. The van der Waals surface area contributed by atoms with Gasteiger partial charge in [-0.2, -0.15) is 0 Å². The van der Waals surface area contributed by atoms with Gasteiger partial charge in [0.25, 0.3) is 0 Å². The van der Waals surface area contributed by atoms with Gasteiger partial charge in [0, 0.05) is 32.7 Å². The number of hydrogen-bond acceptors (Lipinski definition) is 5. The summed E-state index contributed by atoms with van der Waals surface area (Å²) in [5.74, 6) is -0.111. The molecule has 1 saturated heterocycles. The lowest BCUT2D eigenvalue weighted by molar-refractivity contribution is 0.0690. The fourth-order valence-electron chi connectivity index (χ4n) is 2.29. The molecule has 1 aromatic carbocycles. The molecule has 116 valence electrons. The zero-order valence-electron chi connectivity index (χ0n) is 12.5. The van der Waals surface area contributed by atoms with Gasteiger partial charge in [-0.3, -0.25) is 4.90 Å². The van der Waals surface area contributed by atoms with Crippen molar-refractivity contribution in [2.45, 2.75) is 0 Å². The van der Waals surface area contributed by atoms with Gasteiger partial charge in [-0.15, -0.1) is 0 Å². The summed E-state index contributed by atoms with van der Waals surface area (Å²) in [7, 11) is 3.62. The summed E-state index contributed by atoms with van der Waals surface area (Å²) >= 11 is 0. The van der Waals surface area contributed by atoms with E-state index in [0.29, 0.717) is 18.1 Å². The molecule has 0 aromatic heterocycles. The predicted octanol–water partition coefficient (Wildman–Crippen LogP) is 1.02. The van der Waals surface area contributed by atoms with Crippen molar-refractivity contribution in [2.75, 3.05) is 53.5 Å². The molecule has 1 aromatic rings. The SMILES string of the molecule is COc1ccc(OCCN2CCN(C)CC2)c(C(=O)O)c1. The minimum absolute atomic E-state index is 0.132. The molecule has 0 aliphatic carbocycles. The van der Waals surface area contributed by atoms with Crippen LogP contribution in [0, 0.1) is 0 Å². The van der Waals surface area contributed by atoms with E-state index in [0.717, 1.165) is 32.7 Å². The van der Waals surface area contributed by atoms with Crippen LogP contribution in [-0.4, -0.2) is 74.4 Å². The Bertz CT molecular complexity index is 485. The molecule has 0 unspecified atom stereocenters. The number of carboxylic acids is 1. The number of carbonyl (C=O) groups is 1. The van der Waals surface area contributed by atoms with E-state index in [1.165, 1.54) is 13.2 Å². The minimum atomic E-state index is -1.01. The van der Waals surface area contributed by atoms with Gasteiger partial charge in [-0.25, -0.2) is 4.79 Å². The number of aromatic carboxylic acids is 1. The van der Waals surface area contributed by atoms with Gasteiger partial charge in [-0.1, -0.05) is 0 Å². The van der Waals surface area contributed by atoms with E-state index in [9.17, 15) is 9.90 Å². The molecule has 0 saturated carbocycles. The van der Waals surface area contributed by atoms with Crippen LogP contribution in [0.1, 0.15) is 10.4 Å². The summed E-state index contributed by atoms with van der Waals surface area (Å²) < 4.78 is 10.7. The minimum Gasteiger partial charge on any atom is -0.497 e. The Morgan fingerprint density at radius 1 is 1.29 bits per heavy atom. The standard InChI is InChI=1S/C15H22N2O4/c1-16-5-7-17(8-6-16)9-10-21-14-4-3-12(20-2)11-13(14)15(18)19/h3-4,11H,5-10H2,1-2H3,(H,18,19). The highest BCUT2D eigenvalue weighted by Gasteiger charge is 2.15. The molecule has 6 heteroatoms. The fourth-order valence-corrected chi connectivity index (χ4v) is 2.29. The first kappa shape index (κ1) is 15.6. The number of rotatable bonds is 6. The Kier molecular flexibility index (Phi) is 5.41. The third-order valence-electron chi connectivity index (χ3n) is 3.68. The van der Waals surface area contributed by atoms with E-state index >= 15 is 0 Å². The van der Waals surface area contributed by atoms with Crippen LogP contribution < -0.4 is 9.47 Å². The summed E-state index contributed by atoms with van der Waals surface area (Å²) in [5.41, 5.74) is 0.132. The Labute approximate surface area is 124 Å². The summed E-state index contributed by atoms with van der Waals surface area (Å²) in [6, 6.07) is 4.83. The van der Waals surface area contributed by atoms with E-state index in [1.807, 2.05) is 0 Å². The fraction of sp³-hybridized carbons (Fsp3) is 0.533. The molecule has 0 bridgehead atoms. The van der Waals surface area contributed by atoms with Gasteiger partial charge in [0.05, 0.1) is 7.11 Å². The Morgan fingerprint density at radius 2 is 2.00 bits per heavy atom. The van der Waals surface area contributed by atoms with E-state index in [4.69, 9.17) is 9.47 Å². The molecule has 1 heterocycles. The van der Waals surface area contributed by atoms with Crippen LogP contribution in [0.2, 0.25) is 0 Å². The van der Waals surface area contributed by atoms with E-state index in [1.54, 1.807) is 12.1 Å². The normalized spacial score (nSPS) is 16.7. The lowest BCUT2D eigenvalue weighted by atomic mass is 10.2. The summed E-state index contributed by atoms with van der Waals surface area (Å²) in [4.78, 5) is 15.9. The highest BCUT2D eigenvalue weighted by Crippen LogP contribution is 2.24. The lowest BCUT2D eigenvalue weighted by Crippen LogP contribution is -2.45. The molecule has 2 rings (SSSR count). The van der Waals surface area contributed by atoms with Crippen LogP contribution in [0.25, 0.3) is 0 Å². The van der Waals surface area contributed by atoms with Crippen molar-refractivity contribution in [3.63, 3.8) is 0 Å². The first-order valence-electron chi connectivity index (χ1n) is 7.05. The molecule has 1 aliphatic rings. The van der Waals surface area contributed by atoms with Gasteiger partial charge < -0.3 is 19.5 Å². The molecule has 1 N–H and O–H groups in total. The van der Waals surface area contributed by atoms with Crippen LogP contribution in [0.15, 0.2) is 18.2 Å². The van der Waals surface area contributed by atoms with Crippen LogP contribution in [0.4, 0.5) is 0 Å². The highest BCUT2D eigenvalue weighted by atomic mass is 16.5. The van der Waals surface area contributed by atoms with Crippen molar-refractivity contribution in [3.8, 4) is 11.5 Å². The second-order valence-corrected chi connectivity index (χ2v) is 5.16. The van der Waals surface area contributed by atoms with Gasteiger partial charge >= 0.3 is 5.97 Å². The zero-order valence-corrected chi connectivity index (χ0v) is 12.5. The largest absolute Gasteiger partial charge is 0.497 e. The molecule has 0 atom stereocenters. The highest BCUT2D eigenvalue weighted by molar-refractivity contribution is 5.91. The molecule has 1 aliphatic heterocycles. The maximum absolute atomic E-state index is 11.2. The van der Waals surface area contributed by atoms with Gasteiger partial charge in [0.15, 0.2) is 0 Å². The molecule has 6 nitrogen and oxygen atoms in total. The quantitative estimate of drug-likeness (QED) is 0.845. The third kappa shape index (κ3) is 4.34. The van der Waals surface area contributed by atoms with Gasteiger partial charge in [0.1, 0.15) is 23.7 Å². The van der Waals surface area contributed by atoms with E-state index < -0.39 is 5.97 Å². The van der Waals surface area contributed by atoms with Crippen LogP contribution in [-0.2, 0) is 0 Å². The van der Waals surface area contributed by atoms with Gasteiger partial charge in [-0.05, 0) is 25.2 Å². The Balaban J connectivity index is 1.89. The first-order chi connectivity index (χ1) is 10.1. The Hall–Kier alpha value is -1.79. The van der Waals surface area contributed by atoms with Crippen LogP contribution in [0.5, 0.6) is 11.5 Å². The van der Waals surface area contributed by atoms with Crippen LogP contribution >= 0.6 is 0 Å². The number of piperazine rings is 1.